The number of aryl methyl sites for hydroxylation is 1. The van der Waals surface area contributed by atoms with Gasteiger partial charge in [0.05, 0.1) is 6.61 Å². The maximum absolute atomic E-state index is 5.07. The molecule has 18 heavy (non-hydrogen) atoms. The van der Waals surface area contributed by atoms with Crippen molar-refractivity contribution >= 4 is 11.8 Å². The molecule has 102 valence electrons. The molecule has 3 heteroatoms. The van der Waals surface area contributed by atoms with Crippen LogP contribution in [0.5, 0.6) is 0 Å². The Balaban J connectivity index is 2.57. The zero-order valence-electron chi connectivity index (χ0n) is 11.7. The maximum Gasteiger partial charge on any atom is 0.0587 e. The van der Waals surface area contributed by atoms with E-state index < -0.39 is 0 Å². The van der Waals surface area contributed by atoms with Gasteiger partial charge in [0.15, 0.2) is 0 Å². The number of ether oxygens (including phenoxy) is 1. The second-order valence-electron chi connectivity index (χ2n) is 4.53. The summed E-state index contributed by atoms with van der Waals surface area (Å²) in [6.45, 7) is 4.95. The number of thioether (sulfide) groups is 1. The number of nitrogens with one attached hydrogen (secondary N) is 1. The molecular weight excluding hydrogens is 242 g/mol. The highest BCUT2D eigenvalue weighted by atomic mass is 32.2. The minimum absolute atomic E-state index is 0.607. The lowest BCUT2D eigenvalue weighted by molar-refractivity contribution is 0.199. The highest BCUT2D eigenvalue weighted by Gasteiger charge is 2.12. The van der Waals surface area contributed by atoms with Crippen LogP contribution in [0.2, 0.25) is 0 Å². The van der Waals surface area contributed by atoms with Crippen LogP contribution in [-0.4, -0.2) is 38.8 Å². The monoisotopic (exact) mass is 267 g/mol. The molecule has 0 aliphatic carbocycles. The van der Waals surface area contributed by atoms with Crippen molar-refractivity contribution in [2.24, 2.45) is 0 Å². The Bertz CT molecular complexity index is 330. The molecule has 1 atom stereocenters. The predicted molar refractivity (Wildman–Crippen MR) is 81.7 cm³/mol. The Morgan fingerprint density at radius 3 is 2.78 bits per heavy atom. The first-order valence-corrected chi connectivity index (χ1v) is 7.93. The molecule has 0 aliphatic heterocycles. The van der Waals surface area contributed by atoms with Crippen LogP contribution in [0.15, 0.2) is 24.3 Å². The van der Waals surface area contributed by atoms with E-state index >= 15 is 0 Å². The fraction of sp³-hybridized carbons (Fsp3) is 0.600. The quantitative estimate of drug-likeness (QED) is 0.695. The molecule has 0 radical (unpaired) electrons. The van der Waals surface area contributed by atoms with Gasteiger partial charge in [-0.25, -0.2) is 0 Å². The van der Waals surface area contributed by atoms with Crippen molar-refractivity contribution in [3.05, 3.63) is 35.4 Å². The highest BCUT2D eigenvalue weighted by molar-refractivity contribution is 7.98. The van der Waals surface area contributed by atoms with E-state index in [1.807, 2.05) is 11.8 Å². The Labute approximate surface area is 116 Å². The molecule has 1 N–H and O–H groups in total. The molecular formula is C15H25NOS. The zero-order chi connectivity index (χ0) is 13.2. The van der Waals surface area contributed by atoms with Crippen molar-refractivity contribution in [2.45, 2.75) is 19.3 Å². The molecule has 0 spiro atoms. The van der Waals surface area contributed by atoms with E-state index in [9.17, 15) is 0 Å². The van der Waals surface area contributed by atoms with E-state index in [1.54, 1.807) is 7.11 Å². The average Bonchev–Trinajstić information content (AvgIpc) is 2.39. The van der Waals surface area contributed by atoms with Gasteiger partial charge < -0.3 is 10.1 Å². The van der Waals surface area contributed by atoms with Crippen molar-refractivity contribution in [1.29, 1.82) is 0 Å². The molecule has 1 aromatic rings. The molecule has 0 aliphatic rings. The summed E-state index contributed by atoms with van der Waals surface area (Å²) in [5.74, 6) is 1.82. The Morgan fingerprint density at radius 2 is 2.11 bits per heavy atom. The third-order valence-corrected chi connectivity index (χ3v) is 3.82. The Hall–Kier alpha value is -0.510. The summed E-state index contributed by atoms with van der Waals surface area (Å²) < 4.78 is 5.07. The van der Waals surface area contributed by atoms with Gasteiger partial charge in [-0.05, 0) is 42.4 Å². The summed E-state index contributed by atoms with van der Waals surface area (Å²) >= 11 is 1.92. The Kier molecular flexibility index (Phi) is 8.14. The molecule has 0 heterocycles. The van der Waals surface area contributed by atoms with Gasteiger partial charge in [-0.3, -0.25) is 0 Å². The van der Waals surface area contributed by atoms with Crippen LogP contribution in [-0.2, 0) is 4.74 Å². The summed E-state index contributed by atoms with van der Waals surface area (Å²) in [7, 11) is 1.74. The zero-order valence-corrected chi connectivity index (χ0v) is 12.6. The third kappa shape index (κ3) is 5.42. The van der Waals surface area contributed by atoms with Gasteiger partial charge in [0, 0.05) is 20.2 Å². The number of rotatable bonds is 9. The van der Waals surface area contributed by atoms with Crippen LogP contribution in [0.25, 0.3) is 0 Å². The molecule has 0 bridgehead atoms. The van der Waals surface area contributed by atoms with E-state index in [0.29, 0.717) is 5.92 Å². The van der Waals surface area contributed by atoms with Gasteiger partial charge in [0.1, 0.15) is 0 Å². The number of benzene rings is 1. The van der Waals surface area contributed by atoms with Gasteiger partial charge in [-0.1, -0.05) is 24.3 Å². The molecule has 1 rings (SSSR count). The van der Waals surface area contributed by atoms with Gasteiger partial charge in [-0.15, -0.1) is 0 Å². The molecule has 2 nitrogen and oxygen atoms in total. The van der Waals surface area contributed by atoms with Crippen molar-refractivity contribution in [2.75, 3.05) is 38.8 Å². The summed E-state index contributed by atoms with van der Waals surface area (Å²) in [4.78, 5) is 0. The fourth-order valence-corrected chi connectivity index (χ4v) is 2.64. The average molecular weight is 267 g/mol. The van der Waals surface area contributed by atoms with Crippen LogP contribution >= 0.6 is 11.8 Å². The van der Waals surface area contributed by atoms with Crippen LogP contribution < -0.4 is 5.32 Å². The predicted octanol–water partition coefficient (Wildman–Crippen LogP) is 3.07. The minimum Gasteiger partial charge on any atom is -0.383 e. The van der Waals surface area contributed by atoms with E-state index in [-0.39, 0.29) is 0 Å². The fourth-order valence-electron chi connectivity index (χ4n) is 2.12. The van der Waals surface area contributed by atoms with Gasteiger partial charge in [-0.2, -0.15) is 11.8 Å². The van der Waals surface area contributed by atoms with Crippen molar-refractivity contribution in [3.63, 3.8) is 0 Å². The van der Waals surface area contributed by atoms with Crippen LogP contribution in [0, 0.1) is 6.92 Å². The van der Waals surface area contributed by atoms with E-state index in [2.05, 4.69) is 42.8 Å². The molecule has 0 aromatic heterocycles. The van der Waals surface area contributed by atoms with Gasteiger partial charge >= 0.3 is 0 Å². The molecule has 0 amide bonds. The SMILES string of the molecule is COCCNCC(CCSC)c1ccccc1C. The highest BCUT2D eigenvalue weighted by Crippen LogP contribution is 2.23. The largest absolute Gasteiger partial charge is 0.383 e. The van der Waals surface area contributed by atoms with E-state index in [4.69, 9.17) is 4.74 Å². The second kappa shape index (κ2) is 9.42. The van der Waals surface area contributed by atoms with E-state index in [0.717, 1.165) is 19.7 Å². The van der Waals surface area contributed by atoms with Crippen LogP contribution in [0.1, 0.15) is 23.5 Å². The maximum atomic E-state index is 5.07. The first kappa shape index (κ1) is 15.5. The smallest absolute Gasteiger partial charge is 0.0587 e. The lowest BCUT2D eigenvalue weighted by atomic mass is 9.92. The van der Waals surface area contributed by atoms with Crippen molar-refractivity contribution in [1.82, 2.24) is 5.32 Å². The topological polar surface area (TPSA) is 21.3 Å². The standard InChI is InChI=1S/C15H25NOS/c1-13-6-4-5-7-15(13)14(8-11-18-3)12-16-9-10-17-2/h4-7,14,16H,8-12H2,1-3H3. The van der Waals surface area contributed by atoms with E-state index in [1.165, 1.54) is 23.3 Å². The molecule has 1 aromatic carbocycles. The van der Waals surface area contributed by atoms with Crippen molar-refractivity contribution < 1.29 is 4.74 Å². The number of hydrogen-bond acceptors (Lipinski definition) is 3. The number of methoxy groups -OCH3 is 1. The lowest BCUT2D eigenvalue weighted by Gasteiger charge is -2.19. The summed E-state index contributed by atoms with van der Waals surface area (Å²) in [6.07, 6.45) is 3.40. The first-order valence-electron chi connectivity index (χ1n) is 6.53. The van der Waals surface area contributed by atoms with Crippen LogP contribution in [0.4, 0.5) is 0 Å². The number of hydrogen-bond donors (Lipinski definition) is 1. The minimum atomic E-state index is 0.607. The Morgan fingerprint density at radius 1 is 1.33 bits per heavy atom. The van der Waals surface area contributed by atoms with Crippen molar-refractivity contribution in [3.8, 4) is 0 Å². The molecule has 0 fully saturated rings. The summed E-state index contributed by atoms with van der Waals surface area (Å²) in [5.41, 5.74) is 2.88. The van der Waals surface area contributed by atoms with Crippen LogP contribution in [0.3, 0.4) is 0 Å². The second-order valence-corrected chi connectivity index (χ2v) is 5.52. The van der Waals surface area contributed by atoms with Gasteiger partial charge in [0.2, 0.25) is 0 Å². The first-order chi connectivity index (χ1) is 8.79. The molecule has 0 saturated heterocycles. The lowest BCUT2D eigenvalue weighted by Crippen LogP contribution is -2.25. The third-order valence-electron chi connectivity index (χ3n) is 3.17. The summed E-state index contributed by atoms with van der Waals surface area (Å²) in [5, 5.41) is 3.49. The van der Waals surface area contributed by atoms with Gasteiger partial charge in [0.25, 0.3) is 0 Å². The normalized spacial score (nSPS) is 12.6. The molecule has 1 unspecified atom stereocenters. The summed E-state index contributed by atoms with van der Waals surface area (Å²) in [6, 6.07) is 8.72. The molecule has 0 saturated carbocycles.